The van der Waals surface area contributed by atoms with Crippen LogP contribution in [-0.4, -0.2) is 38.1 Å². The van der Waals surface area contributed by atoms with Crippen LogP contribution in [0, 0.1) is 6.92 Å². The average Bonchev–Trinajstić information content (AvgIpc) is 2.40. The number of piperazine rings is 1. The molecule has 18 heavy (non-hydrogen) atoms. The number of benzene rings is 1. The predicted molar refractivity (Wildman–Crippen MR) is 73.9 cm³/mol. The molecule has 2 rings (SSSR count). The molecule has 0 saturated carbocycles. The van der Waals surface area contributed by atoms with Gasteiger partial charge in [-0.2, -0.15) is 0 Å². The summed E-state index contributed by atoms with van der Waals surface area (Å²) >= 11 is 0. The van der Waals surface area contributed by atoms with Crippen molar-refractivity contribution in [2.45, 2.75) is 19.9 Å². The molecule has 1 aliphatic heterocycles. The van der Waals surface area contributed by atoms with Gasteiger partial charge in [0.2, 0.25) is 5.91 Å². The second kappa shape index (κ2) is 5.98. The van der Waals surface area contributed by atoms with Gasteiger partial charge >= 0.3 is 0 Å². The van der Waals surface area contributed by atoms with Crippen LogP contribution in [0.25, 0.3) is 0 Å². The Balaban J connectivity index is 2.14. The number of nitrogens with one attached hydrogen (secondary N) is 2. The molecule has 0 aliphatic carbocycles. The monoisotopic (exact) mass is 247 g/mol. The van der Waals surface area contributed by atoms with Crippen LogP contribution in [0.15, 0.2) is 24.3 Å². The van der Waals surface area contributed by atoms with E-state index >= 15 is 0 Å². The van der Waals surface area contributed by atoms with Crippen LogP contribution in [0.4, 0.5) is 5.69 Å². The van der Waals surface area contributed by atoms with E-state index in [9.17, 15) is 4.79 Å². The number of aryl methyl sites for hydroxylation is 1. The Hall–Kier alpha value is -1.39. The molecule has 1 aromatic carbocycles. The molecule has 98 valence electrons. The van der Waals surface area contributed by atoms with E-state index in [1.165, 1.54) is 5.56 Å². The van der Waals surface area contributed by atoms with Gasteiger partial charge < -0.3 is 15.5 Å². The van der Waals surface area contributed by atoms with Crippen LogP contribution in [0.1, 0.15) is 12.5 Å². The fourth-order valence-corrected chi connectivity index (χ4v) is 2.28. The molecule has 1 atom stereocenters. The number of carbonyl (C=O) groups is 1. The Morgan fingerprint density at radius 2 is 2.28 bits per heavy atom. The molecule has 0 aromatic heterocycles. The molecule has 4 nitrogen and oxygen atoms in total. The third-order valence-corrected chi connectivity index (χ3v) is 3.23. The van der Waals surface area contributed by atoms with Crippen LogP contribution in [0.5, 0.6) is 0 Å². The topological polar surface area (TPSA) is 44.4 Å². The molecule has 1 aliphatic rings. The molecule has 4 heteroatoms. The summed E-state index contributed by atoms with van der Waals surface area (Å²) in [6.07, 6.45) is 0. The number of anilines is 1. The van der Waals surface area contributed by atoms with Crippen molar-refractivity contribution >= 4 is 11.6 Å². The first-order chi connectivity index (χ1) is 8.72. The predicted octanol–water partition coefficient (Wildman–Crippen LogP) is 0.909. The molecule has 1 heterocycles. The van der Waals surface area contributed by atoms with Gasteiger partial charge in [0.1, 0.15) is 0 Å². The Bertz CT molecular complexity index is 413. The van der Waals surface area contributed by atoms with Gasteiger partial charge in [-0.1, -0.05) is 12.1 Å². The van der Waals surface area contributed by atoms with Crippen molar-refractivity contribution in [1.82, 2.24) is 10.6 Å². The maximum Gasteiger partial charge on any atom is 0.245 e. The maximum absolute atomic E-state index is 12.5. The van der Waals surface area contributed by atoms with Crippen molar-refractivity contribution in [3.63, 3.8) is 0 Å². The molecule has 1 amide bonds. The normalized spacial score (nSPS) is 19.6. The maximum atomic E-state index is 12.5. The van der Waals surface area contributed by atoms with Crippen LogP contribution in [0.3, 0.4) is 0 Å². The van der Waals surface area contributed by atoms with E-state index in [4.69, 9.17) is 0 Å². The van der Waals surface area contributed by atoms with Crippen molar-refractivity contribution < 1.29 is 4.79 Å². The van der Waals surface area contributed by atoms with Gasteiger partial charge in [0, 0.05) is 31.9 Å². The largest absolute Gasteiger partial charge is 0.313 e. The quantitative estimate of drug-likeness (QED) is 0.834. The highest BCUT2D eigenvalue weighted by molar-refractivity contribution is 5.97. The van der Waals surface area contributed by atoms with Gasteiger partial charge in [-0.15, -0.1) is 0 Å². The molecule has 2 N–H and O–H groups in total. The summed E-state index contributed by atoms with van der Waals surface area (Å²) in [6, 6.07) is 7.97. The highest BCUT2D eigenvalue weighted by Crippen LogP contribution is 2.16. The van der Waals surface area contributed by atoms with Crippen molar-refractivity contribution in [1.29, 1.82) is 0 Å². The van der Waals surface area contributed by atoms with Crippen molar-refractivity contribution in [2.75, 3.05) is 31.1 Å². The smallest absolute Gasteiger partial charge is 0.245 e. The fourth-order valence-electron chi connectivity index (χ4n) is 2.28. The summed E-state index contributed by atoms with van der Waals surface area (Å²) in [6.45, 7) is 7.24. The van der Waals surface area contributed by atoms with E-state index in [2.05, 4.69) is 16.7 Å². The zero-order valence-corrected chi connectivity index (χ0v) is 11.1. The van der Waals surface area contributed by atoms with Gasteiger partial charge in [0.25, 0.3) is 0 Å². The fraction of sp³-hybridized carbons (Fsp3) is 0.500. The molecular weight excluding hydrogens is 226 g/mol. The van der Waals surface area contributed by atoms with Gasteiger partial charge in [-0.3, -0.25) is 4.79 Å². The number of nitrogens with zero attached hydrogens (tertiary/aromatic N) is 1. The van der Waals surface area contributed by atoms with E-state index in [0.29, 0.717) is 13.1 Å². The Kier molecular flexibility index (Phi) is 4.33. The number of hydrogen-bond donors (Lipinski definition) is 2. The van der Waals surface area contributed by atoms with Crippen LogP contribution < -0.4 is 15.5 Å². The minimum absolute atomic E-state index is 0.112. The number of likely N-dealkylation sites (N-methyl/N-ethyl adjacent to an activating group) is 1. The molecule has 0 spiro atoms. The third-order valence-electron chi connectivity index (χ3n) is 3.23. The molecule has 1 fully saturated rings. The summed E-state index contributed by atoms with van der Waals surface area (Å²) in [4.78, 5) is 14.3. The van der Waals surface area contributed by atoms with Crippen LogP contribution in [0.2, 0.25) is 0 Å². The zero-order chi connectivity index (χ0) is 13.0. The molecule has 1 saturated heterocycles. The first-order valence-electron chi connectivity index (χ1n) is 6.54. The van der Waals surface area contributed by atoms with Crippen molar-refractivity contribution in [3.05, 3.63) is 29.8 Å². The van der Waals surface area contributed by atoms with Crippen LogP contribution >= 0.6 is 0 Å². The van der Waals surface area contributed by atoms with Gasteiger partial charge in [-0.05, 0) is 31.5 Å². The van der Waals surface area contributed by atoms with Crippen LogP contribution in [-0.2, 0) is 4.79 Å². The lowest BCUT2D eigenvalue weighted by Crippen LogP contribution is -2.56. The molecule has 0 radical (unpaired) electrons. The molecular formula is C14H21N3O. The second-order valence-electron chi connectivity index (χ2n) is 4.63. The Morgan fingerprint density at radius 1 is 1.44 bits per heavy atom. The van der Waals surface area contributed by atoms with Gasteiger partial charge in [0.05, 0.1) is 6.04 Å². The SMILES string of the molecule is CCN(C(=O)C1CNCCN1)c1cccc(C)c1. The second-order valence-corrected chi connectivity index (χ2v) is 4.63. The summed E-state index contributed by atoms with van der Waals surface area (Å²) in [5.41, 5.74) is 2.16. The molecule has 0 bridgehead atoms. The average molecular weight is 247 g/mol. The van der Waals surface area contributed by atoms with Crippen molar-refractivity contribution in [3.8, 4) is 0 Å². The number of hydrogen-bond acceptors (Lipinski definition) is 3. The van der Waals surface area contributed by atoms with Crippen molar-refractivity contribution in [2.24, 2.45) is 0 Å². The van der Waals surface area contributed by atoms with Gasteiger partial charge in [0.15, 0.2) is 0 Å². The lowest BCUT2D eigenvalue weighted by Gasteiger charge is -2.30. The number of rotatable bonds is 3. The minimum atomic E-state index is -0.112. The van der Waals surface area contributed by atoms with E-state index in [0.717, 1.165) is 18.8 Å². The van der Waals surface area contributed by atoms with E-state index in [1.54, 1.807) is 0 Å². The minimum Gasteiger partial charge on any atom is -0.313 e. The summed E-state index contributed by atoms with van der Waals surface area (Å²) in [5, 5.41) is 6.51. The van der Waals surface area contributed by atoms with Gasteiger partial charge in [-0.25, -0.2) is 0 Å². The summed E-state index contributed by atoms with van der Waals surface area (Å²) < 4.78 is 0. The Morgan fingerprint density at radius 3 is 2.89 bits per heavy atom. The molecule has 1 unspecified atom stereocenters. The zero-order valence-electron chi connectivity index (χ0n) is 11.1. The number of amides is 1. The first kappa shape index (κ1) is 13.1. The third kappa shape index (κ3) is 2.89. The molecule has 1 aromatic rings. The number of carbonyl (C=O) groups excluding carboxylic acids is 1. The summed E-state index contributed by atoms with van der Waals surface area (Å²) in [7, 11) is 0. The van der Waals surface area contributed by atoms with E-state index < -0.39 is 0 Å². The highest BCUT2D eigenvalue weighted by Gasteiger charge is 2.25. The van der Waals surface area contributed by atoms with E-state index in [1.807, 2.05) is 36.9 Å². The lowest BCUT2D eigenvalue weighted by molar-refractivity contribution is -0.120. The van der Waals surface area contributed by atoms with E-state index in [-0.39, 0.29) is 11.9 Å². The standard InChI is InChI=1S/C14H21N3O/c1-3-17(12-6-4-5-11(2)9-12)14(18)13-10-15-7-8-16-13/h4-6,9,13,15-16H,3,7-8,10H2,1-2H3. The Labute approximate surface area is 108 Å². The summed E-state index contributed by atoms with van der Waals surface area (Å²) in [5.74, 6) is 0.148. The lowest BCUT2D eigenvalue weighted by atomic mass is 10.1. The highest BCUT2D eigenvalue weighted by atomic mass is 16.2. The first-order valence-corrected chi connectivity index (χ1v) is 6.54.